The lowest BCUT2D eigenvalue weighted by molar-refractivity contribution is -0.131. The van der Waals surface area contributed by atoms with Crippen molar-refractivity contribution in [2.45, 2.75) is 37.4 Å². The number of nitrogens with one attached hydrogen (secondary N) is 1. The van der Waals surface area contributed by atoms with Crippen LogP contribution < -0.4 is 11.1 Å². The predicted octanol–water partition coefficient (Wildman–Crippen LogP) is -0.655. The van der Waals surface area contributed by atoms with Gasteiger partial charge in [0.05, 0.1) is 0 Å². The smallest absolute Gasteiger partial charge is 0.405 e. The molecule has 0 aliphatic carbocycles. The van der Waals surface area contributed by atoms with Crippen molar-refractivity contribution < 1.29 is 14.7 Å². The van der Waals surface area contributed by atoms with Gasteiger partial charge in [-0.15, -0.1) is 0 Å². The van der Waals surface area contributed by atoms with Gasteiger partial charge in [-0.25, -0.2) is 4.79 Å². The van der Waals surface area contributed by atoms with Crippen LogP contribution in [0, 0.1) is 0 Å². The largest absolute Gasteiger partial charge is 0.465 e. The first-order valence-corrected chi connectivity index (χ1v) is 5.13. The third-order valence-electron chi connectivity index (χ3n) is 3.13. The van der Waals surface area contributed by atoms with Crippen LogP contribution in [0.25, 0.3) is 0 Å². The molecule has 0 aromatic heterocycles. The molecule has 2 rings (SSSR count). The van der Waals surface area contributed by atoms with Crippen LogP contribution >= 0.6 is 0 Å². The Morgan fingerprint density at radius 1 is 1.53 bits per heavy atom. The van der Waals surface area contributed by atoms with Crippen molar-refractivity contribution in [1.29, 1.82) is 0 Å². The lowest BCUT2D eigenvalue weighted by Crippen LogP contribution is -2.48. The minimum atomic E-state index is -1.14. The maximum Gasteiger partial charge on any atom is 0.405 e. The Hall–Kier alpha value is -1.30. The summed E-state index contributed by atoms with van der Waals surface area (Å²) >= 11 is 0. The van der Waals surface area contributed by atoms with Crippen molar-refractivity contribution in [1.82, 2.24) is 10.2 Å². The van der Waals surface area contributed by atoms with Crippen molar-refractivity contribution >= 4 is 12.0 Å². The highest BCUT2D eigenvalue weighted by Crippen LogP contribution is 2.27. The number of fused-ring (bicyclic) bond motifs is 1. The summed E-state index contributed by atoms with van der Waals surface area (Å²) in [6.45, 7) is 0.557. The molecule has 6 nitrogen and oxygen atoms in total. The molecule has 0 radical (unpaired) electrons. The Bertz CT molecular complexity index is 294. The van der Waals surface area contributed by atoms with E-state index in [1.807, 2.05) is 0 Å². The monoisotopic (exact) mass is 213 g/mol. The lowest BCUT2D eigenvalue weighted by atomic mass is 9.99. The van der Waals surface area contributed by atoms with E-state index in [1.54, 1.807) is 4.90 Å². The number of hydrogen-bond acceptors (Lipinski definition) is 3. The fraction of sp³-hybridized carbons (Fsp3) is 0.778. The molecule has 0 spiro atoms. The lowest BCUT2D eigenvalue weighted by Gasteiger charge is -2.33. The number of amides is 2. The van der Waals surface area contributed by atoms with Gasteiger partial charge in [0.2, 0.25) is 5.91 Å². The zero-order valence-corrected chi connectivity index (χ0v) is 8.35. The van der Waals surface area contributed by atoms with Crippen LogP contribution in [0.3, 0.4) is 0 Å². The van der Waals surface area contributed by atoms with Gasteiger partial charge < -0.3 is 21.1 Å². The Morgan fingerprint density at radius 3 is 2.93 bits per heavy atom. The van der Waals surface area contributed by atoms with Crippen molar-refractivity contribution in [2.24, 2.45) is 5.73 Å². The summed E-state index contributed by atoms with van der Waals surface area (Å²) in [6, 6.07) is -0.360. The molecule has 2 heterocycles. The minimum absolute atomic E-state index is 0.0359. The molecule has 0 bridgehead atoms. The van der Waals surface area contributed by atoms with Gasteiger partial charge in [-0.2, -0.15) is 0 Å². The third-order valence-corrected chi connectivity index (χ3v) is 3.13. The Balaban J connectivity index is 2.03. The van der Waals surface area contributed by atoms with Crippen molar-refractivity contribution in [3.8, 4) is 0 Å². The molecule has 0 aromatic carbocycles. The second kappa shape index (κ2) is 3.69. The number of nitrogens with zero attached hydrogens (tertiary/aromatic N) is 1. The number of carbonyl (C=O) groups is 2. The van der Waals surface area contributed by atoms with Gasteiger partial charge in [-0.3, -0.25) is 4.79 Å². The topological polar surface area (TPSA) is 95.7 Å². The average Bonchev–Trinajstić information content (AvgIpc) is 2.44. The Morgan fingerprint density at radius 2 is 2.27 bits per heavy atom. The minimum Gasteiger partial charge on any atom is -0.465 e. The van der Waals surface area contributed by atoms with E-state index in [4.69, 9.17) is 10.8 Å². The van der Waals surface area contributed by atoms with Gasteiger partial charge in [0.1, 0.15) is 6.04 Å². The molecule has 6 heteroatoms. The predicted molar refractivity (Wildman–Crippen MR) is 52.3 cm³/mol. The van der Waals surface area contributed by atoms with Crippen LogP contribution in [0.5, 0.6) is 0 Å². The molecule has 2 saturated heterocycles. The first-order valence-electron chi connectivity index (χ1n) is 5.13. The fourth-order valence-corrected chi connectivity index (χ4v) is 2.41. The number of hydrogen-bond donors (Lipinski definition) is 3. The van der Waals surface area contributed by atoms with Gasteiger partial charge in [-0.1, -0.05) is 0 Å². The standard InChI is InChI=1S/C9H15N3O3/c10-5-1-2-6-3-7(11-9(14)15)8(13)12(6)4-5/h5-7,11H,1-4,10H2,(H,14,15). The molecule has 0 aromatic rings. The van der Waals surface area contributed by atoms with E-state index >= 15 is 0 Å². The molecule has 2 aliphatic rings. The highest BCUT2D eigenvalue weighted by atomic mass is 16.4. The highest BCUT2D eigenvalue weighted by Gasteiger charge is 2.42. The Kier molecular flexibility index (Phi) is 2.52. The molecule has 4 N–H and O–H groups in total. The normalized spacial score (nSPS) is 35.1. The van der Waals surface area contributed by atoms with Crippen LogP contribution in [0.4, 0.5) is 4.79 Å². The third kappa shape index (κ3) is 1.90. The number of nitrogens with two attached hydrogens (primary N) is 1. The fourth-order valence-electron chi connectivity index (χ4n) is 2.41. The second-order valence-electron chi connectivity index (χ2n) is 4.22. The maximum absolute atomic E-state index is 11.8. The molecule has 3 atom stereocenters. The number of piperidine rings is 1. The summed E-state index contributed by atoms with van der Waals surface area (Å²) in [5.74, 6) is -0.127. The van der Waals surface area contributed by atoms with E-state index in [1.165, 1.54) is 0 Å². The SMILES string of the molecule is NC1CCC2CC(NC(=O)O)C(=O)N2C1. The van der Waals surface area contributed by atoms with Crippen LogP contribution in [-0.2, 0) is 4.79 Å². The number of carbonyl (C=O) groups excluding carboxylic acids is 1. The zero-order chi connectivity index (χ0) is 11.0. The number of rotatable bonds is 1. The molecule has 84 valence electrons. The molecule has 0 saturated carbocycles. The van der Waals surface area contributed by atoms with E-state index in [9.17, 15) is 9.59 Å². The van der Waals surface area contributed by atoms with Gasteiger partial charge in [-0.05, 0) is 19.3 Å². The molecule has 3 unspecified atom stereocenters. The van der Waals surface area contributed by atoms with Crippen LogP contribution in [0.1, 0.15) is 19.3 Å². The van der Waals surface area contributed by atoms with Gasteiger partial charge in [0, 0.05) is 18.6 Å². The van der Waals surface area contributed by atoms with Gasteiger partial charge in [0.15, 0.2) is 0 Å². The molecule has 2 fully saturated rings. The summed E-state index contributed by atoms with van der Waals surface area (Å²) in [7, 11) is 0. The molecular formula is C9H15N3O3. The molecule has 2 aliphatic heterocycles. The quantitative estimate of drug-likeness (QED) is 0.539. The molecule has 2 amide bonds. The number of carboxylic acid groups (broad SMARTS) is 1. The summed E-state index contributed by atoms with van der Waals surface area (Å²) in [4.78, 5) is 23.9. The zero-order valence-electron chi connectivity index (χ0n) is 8.35. The summed E-state index contributed by atoms with van der Waals surface area (Å²) in [6.07, 6.45) is 1.23. The summed E-state index contributed by atoms with van der Waals surface area (Å²) in [5.41, 5.74) is 5.77. The maximum atomic E-state index is 11.8. The highest BCUT2D eigenvalue weighted by molar-refractivity contribution is 5.87. The van der Waals surface area contributed by atoms with Gasteiger partial charge in [0.25, 0.3) is 0 Å². The van der Waals surface area contributed by atoms with Crippen LogP contribution in [0.2, 0.25) is 0 Å². The van der Waals surface area contributed by atoms with Crippen molar-refractivity contribution in [3.63, 3.8) is 0 Å². The molecule has 15 heavy (non-hydrogen) atoms. The summed E-state index contributed by atoms with van der Waals surface area (Å²) < 4.78 is 0. The van der Waals surface area contributed by atoms with E-state index in [-0.39, 0.29) is 18.0 Å². The van der Waals surface area contributed by atoms with E-state index in [0.717, 1.165) is 12.8 Å². The molecular weight excluding hydrogens is 198 g/mol. The first kappa shape index (κ1) is 10.2. The average molecular weight is 213 g/mol. The van der Waals surface area contributed by atoms with Crippen molar-refractivity contribution in [2.75, 3.05) is 6.54 Å². The van der Waals surface area contributed by atoms with Crippen molar-refractivity contribution in [3.05, 3.63) is 0 Å². The Labute approximate surface area is 87.4 Å². The van der Waals surface area contributed by atoms with Crippen LogP contribution in [-0.4, -0.2) is 46.7 Å². The van der Waals surface area contributed by atoms with E-state index in [0.29, 0.717) is 13.0 Å². The second-order valence-corrected chi connectivity index (χ2v) is 4.22. The van der Waals surface area contributed by atoms with Gasteiger partial charge >= 0.3 is 6.09 Å². The van der Waals surface area contributed by atoms with E-state index < -0.39 is 12.1 Å². The van der Waals surface area contributed by atoms with E-state index in [2.05, 4.69) is 5.32 Å². The summed E-state index contributed by atoms with van der Waals surface area (Å²) in [5, 5.41) is 10.8. The van der Waals surface area contributed by atoms with Crippen LogP contribution in [0.15, 0.2) is 0 Å². The first-order chi connectivity index (χ1) is 7.08.